The molecule has 4 aromatic rings. The second-order valence-corrected chi connectivity index (χ2v) is 8.04. The van der Waals surface area contributed by atoms with Gasteiger partial charge < -0.3 is 10.2 Å². The third-order valence-electron chi connectivity index (χ3n) is 5.35. The molecule has 1 N–H and O–H groups in total. The van der Waals surface area contributed by atoms with Gasteiger partial charge in [0.25, 0.3) is 5.56 Å². The number of para-hydroxylation sites is 2. The molecule has 162 valence electrons. The molecule has 0 atom stereocenters. The fourth-order valence-corrected chi connectivity index (χ4v) is 3.80. The van der Waals surface area contributed by atoms with Crippen molar-refractivity contribution in [1.29, 1.82) is 0 Å². The minimum atomic E-state index is -0.210. The molecule has 6 nitrogen and oxygen atoms in total. The molecule has 6 heteroatoms. The molecular weight excluding hydrogens is 400 g/mol. The smallest absolute Gasteiger partial charge is 0.261 e. The molecule has 32 heavy (non-hydrogen) atoms. The van der Waals surface area contributed by atoms with Gasteiger partial charge in [0.2, 0.25) is 5.91 Å². The van der Waals surface area contributed by atoms with Crippen LogP contribution in [0.4, 0.5) is 17.1 Å². The second kappa shape index (κ2) is 9.06. The standard InChI is InChI=1S/C26H26N4O2/c1-18(2)30(22-14-12-21(13-15-22)28-20-9-5-4-6-10-20)24(31)16-29-17-27-25-19(3)8-7-11-23(25)26(29)32/h4-15,17-18,28H,16H2,1-3H3. The van der Waals surface area contributed by atoms with Crippen molar-refractivity contribution in [3.05, 3.63) is 95.0 Å². The maximum Gasteiger partial charge on any atom is 0.261 e. The fraction of sp³-hybridized carbons (Fsp3) is 0.192. The van der Waals surface area contributed by atoms with Gasteiger partial charge in [-0.05, 0) is 68.8 Å². The summed E-state index contributed by atoms with van der Waals surface area (Å²) in [6.07, 6.45) is 1.46. The van der Waals surface area contributed by atoms with Gasteiger partial charge in [-0.2, -0.15) is 0 Å². The van der Waals surface area contributed by atoms with Gasteiger partial charge in [0.1, 0.15) is 6.54 Å². The monoisotopic (exact) mass is 426 g/mol. The van der Waals surface area contributed by atoms with Gasteiger partial charge in [-0.3, -0.25) is 14.2 Å². The van der Waals surface area contributed by atoms with Gasteiger partial charge >= 0.3 is 0 Å². The molecule has 0 fully saturated rings. The Hall–Kier alpha value is -3.93. The normalized spacial score (nSPS) is 11.0. The van der Waals surface area contributed by atoms with Crippen molar-refractivity contribution in [3.8, 4) is 0 Å². The lowest BCUT2D eigenvalue weighted by Gasteiger charge is -2.27. The molecule has 0 bridgehead atoms. The van der Waals surface area contributed by atoms with Crippen LogP contribution >= 0.6 is 0 Å². The Kier molecular flexibility index (Phi) is 6.03. The minimum absolute atomic E-state index is 0.0678. The molecular formula is C26H26N4O2. The van der Waals surface area contributed by atoms with E-state index in [1.807, 2.05) is 87.5 Å². The number of amides is 1. The molecule has 0 spiro atoms. The van der Waals surface area contributed by atoms with E-state index < -0.39 is 0 Å². The molecule has 4 rings (SSSR count). The molecule has 0 aliphatic rings. The van der Waals surface area contributed by atoms with Crippen LogP contribution in [0.1, 0.15) is 19.4 Å². The van der Waals surface area contributed by atoms with Gasteiger partial charge in [0, 0.05) is 23.1 Å². The number of benzene rings is 3. The van der Waals surface area contributed by atoms with E-state index in [1.54, 1.807) is 11.0 Å². The second-order valence-electron chi connectivity index (χ2n) is 8.04. The highest BCUT2D eigenvalue weighted by molar-refractivity contribution is 5.94. The van der Waals surface area contributed by atoms with Crippen molar-refractivity contribution in [1.82, 2.24) is 9.55 Å². The van der Waals surface area contributed by atoms with Crippen molar-refractivity contribution in [3.63, 3.8) is 0 Å². The summed E-state index contributed by atoms with van der Waals surface area (Å²) >= 11 is 0. The highest BCUT2D eigenvalue weighted by Crippen LogP contribution is 2.23. The minimum Gasteiger partial charge on any atom is -0.356 e. The third-order valence-corrected chi connectivity index (χ3v) is 5.35. The van der Waals surface area contributed by atoms with E-state index in [4.69, 9.17) is 0 Å². The van der Waals surface area contributed by atoms with Gasteiger partial charge in [0.15, 0.2) is 0 Å². The van der Waals surface area contributed by atoms with Gasteiger partial charge in [0.05, 0.1) is 17.2 Å². The number of aromatic nitrogens is 2. The molecule has 1 heterocycles. The fourth-order valence-electron chi connectivity index (χ4n) is 3.80. The third kappa shape index (κ3) is 4.39. The van der Waals surface area contributed by atoms with Gasteiger partial charge in [-0.1, -0.05) is 30.3 Å². The molecule has 0 aliphatic carbocycles. The average Bonchev–Trinajstić information content (AvgIpc) is 2.78. The predicted molar refractivity (Wildman–Crippen MR) is 130 cm³/mol. The summed E-state index contributed by atoms with van der Waals surface area (Å²) in [7, 11) is 0. The first-order valence-corrected chi connectivity index (χ1v) is 10.6. The number of rotatable bonds is 6. The molecule has 3 aromatic carbocycles. The Morgan fingerprint density at radius 3 is 2.34 bits per heavy atom. The summed E-state index contributed by atoms with van der Waals surface area (Å²) in [6, 6.07) is 23.0. The van der Waals surface area contributed by atoms with Crippen LogP contribution in [0.15, 0.2) is 83.9 Å². The first-order valence-electron chi connectivity index (χ1n) is 10.6. The van der Waals surface area contributed by atoms with Crippen molar-refractivity contribution < 1.29 is 4.79 Å². The van der Waals surface area contributed by atoms with Crippen LogP contribution in [0.5, 0.6) is 0 Å². The summed E-state index contributed by atoms with van der Waals surface area (Å²) in [6.45, 7) is 5.76. The van der Waals surface area contributed by atoms with Crippen LogP contribution in [-0.2, 0) is 11.3 Å². The molecule has 0 aliphatic heterocycles. The number of nitrogens with zero attached hydrogens (tertiary/aromatic N) is 3. The maximum atomic E-state index is 13.2. The Labute approximate surface area is 187 Å². The van der Waals surface area contributed by atoms with E-state index in [9.17, 15) is 9.59 Å². The van der Waals surface area contributed by atoms with E-state index in [-0.39, 0.29) is 24.1 Å². The van der Waals surface area contributed by atoms with Crippen LogP contribution in [0.3, 0.4) is 0 Å². The highest BCUT2D eigenvalue weighted by atomic mass is 16.2. The SMILES string of the molecule is Cc1cccc2c(=O)n(CC(=O)N(c3ccc(Nc4ccccc4)cc3)C(C)C)cnc12. The number of anilines is 3. The van der Waals surface area contributed by atoms with E-state index >= 15 is 0 Å². The molecule has 0 unspecified atom stereocenters. The summed E-state index contributed by atoms with van der Waals surface area (Å²) in [5.74, 6) is -0.167. The van der Waals surface area contributed by atoms with Crippen LogP contribution in [-0.4, -0.2) is 21.5 Å². The zero-order chi connectivity index (χ0) is 22.7. The predicted octanol–water partition coefficient (Wildman–Crippen LogP) is 4.89. The van der Waals surface area contributed by atoms with Crippen LogP contribution in [0.2, 0.25) is 0 Å². The lowest BCUT2D eigenvalue weighted by molar-refractivity contribution is -0.119. The average molecular weight is 427 g/mol. The summed E-state index contributed by atoms with van der Waals surface area (Å²) in [5.41, 5.74) is 4.10. The lowest BCUT2D eigenvalue weighted by atomic mass is 10.1. The quantitative estimate of drug-likeness (QED) is 0.477. The van der Waals surface area contributed by atoms with Crippen LogP contribution in [0, 0.1) is 6.92 Å². The molecule has 1 aromatic heterocycles. The summed E-state index contributed by atoms with van der Waals surface area (Å²) in [5, 5.41) is 3.86. The van der Waals surface area contributed by atoms with Crippen LogP contribution in [0.25, 0.3) is 10.9 Å². The number of hydrogen-bond donors (Lipinski definition) is 1. The van der Waals surface area contributed by atoms with Crippen molar-refractivity contribution in [2.24, 2.45) is 0 Å². The Morgan fingerprint density at radius 1 is 0.969 bits per heavy atom. The number of nitrogens with one attached hydrogen (secondary N) is 1. The van der Waals surface area contributed by atoms with Gasteiger partial charge in [-0.25, -0.2) is 4.98 Å². The Balaban J connectivity index is 1.56. The Bertz CT molecular complexity index is 1300. The Morgan fingerprint density at radius 2 is 1.66 bits per heavy atom. The summed E-state index contributed by atoms with van der Waals surface area (Å²) < 4.78 is 1.38. The number of aryl methyl sites for hydroxylation is 1. The molecule has 1 amide bonds. The number of carbonyl (C=O) groups is 1. The largest absolute Gasteiger partial charge is 0.356 e. The number of fused-ring (bicyclic) bond motifs is 1. The van der Waals surface area contributed by atoms with Crippen molar-refractivity contribution >= 4 is 33.9 Å². The van der Waals surface area contributed by atoms with E-state index in [1.165, 1.54) is 10.9 Å². The van der Waals surface area contributed by atoms with Gasteiger partial charge in [-0.15, -0.1) is 0 Å². The van der Waals surface area contributed by atoms with E-state index in [0.29, 0.717) is 10.9 Å². The first-order chi connectivity index (χ1) is 15.4. The molecule has 0 saturated carbocycles. The van der Waals surface area contributed by atoms with Crippen molar-refractivity contribution in [2.75, 3.05) is 10.2 Å². The van der Waals surface area contributed by atoms with E-state index in [2.05, 4.69) is 10.3 Å². The topological polar surface area (TPSA) is 67.2 Å². The maximum absolute atomic E-state index is 13.2. The first kappa shape index (κ1) is 21.3. The zero-order valence-electron chi connectivity index (χ0n) is 18.4. The molecule has 0 saturated heterocycles. The zero-order valence-corrected chi connectivity index (χ0v) is 18.4. The van der Waals surface area contributed by atoms with E-state index in [0.717, 1.165) is 22.6 Å². The van der Waals surface area contributed by atoms with Crippen LogP contribution < -0.4 is 15.8 Å². The van der Waals surface area contributed by atoms with Crippen molar-refractivity contribution in [2.45, 2.75) is 33.4 Å². The molecule has 0 radical (unpaired) electrons. The lowest BCUT2D eigenvalue weighted by Crippen LogP contribution is -2.41. The number of carbonyl (C=O) groups excluding carboxylic acids is 1. The summed E-state index contributed by atoms with van der Waals surface area (Å²) in [4.78, 5) is 32.2. The number of hydrogen-bond acceptors (Lipinski definition) is 4. The highest BCUT2D eigenvalue weighted by Gasteiger charge is 2.20.